The molecule has 1 N–H and O–H groups in total. The molecule has 1 aromatic carbocycles. The van der Waals surface area contributed by atoms with E-state index in [-0.39, 0.29) is 0 Å². The van der Waals surface area contributed by atoms with Gasteiger partial charge in [-0.1, -0.05) is 64.4 Å². The molecule has 0 aliphatic heterocycles. The third-order valence-electron chi connectivity index (χ3n) is 6.77. The summed E-state index contributed by atoms with van der Waals surface area (Å²) >= 11 is 0. The highest BCUT2D eigenvalue weighted by molar-refractivity contribution is 5.26. The van der Waals surface area contributed by atoms with E-state index in [2.05, 4.69) is 78.2 Å². The third-order valence-corrected chi connectivity index (χ3v) is 6.77. The number of hydrogen-bond donors (Lipinski definition) is 1. The van der Waals surface area contributed by atoms with Crippen LogP contribution in [0.15, 0.2) is 24.3 Å². The summed E-state index contributed by atoms with van der Waals surface area (Å²) in [5.41, 5.74) is 3.31. The van der Waals surface area contributed by atoms with E-state index in [1.165, 1.54) is 31.2 Å². The van der Waals surface area contributed by atoms with Crippen LogP contribution < -0.4 is 5.32 Å². The van der Waals surface area contributed by atoms with Gasteiger partial charge in [-0.2, -0.15) is 0 Å². The first-order valence-electron chi connectivity index (χ1n) is 10.00. The Balaban J connectivity index is 2.15. The molecule has 1 heteroatoms. The van der Waals surface area contributed by atoms with Gasteiger partial charge in [0.1, 0.15) is 0 Å². The molecule has 0 heterocycles. The second-order valence-corrected chi connectivity index (χ2v) is 9.25. The van der Waals surface area contributed by atoms with E-state index < -0.39 is 0 Å². The summed E-state index contributed by atoms with van der Waals surface area (Å²) in [7, 11) is 2.14. The maximum absolute atomic E-state index is 3.59. The summed E-state index contributed by atoms with van der Waals surface area (Å²) in [6.07, 6.45) is 5.42. The normalized spacial score (nSPS) is 26.8. The fourth-order valence-electron chi connectivity index (χ4n) is 5.09. The molecule has 0 spiro atoms. The van der Waals surface area contributed by atoms with Crippen LogP contribution in [0.25, 0.3) is 0 Å². The Labute approximate surface area is 150 Å². The zero-order valence-electron chi connectivity index (χ0n) is 17.0. The predicted molar refractivity (Wildman–Crippen MR) is 107 cm³/mol. The van der Waals surface area contributed by atoms with Gasteiger partial charge in [0, 0.05) is 6.04 Å². The Morgan fingerprint density at radius 3 is 2.17 bits per heavy atom. The van der Waals surface area contributed by atoms with Crippen molar-refractivity contribution < 1.29 is 0 Å². The van der Waals surface area contributed by atoms with E-state index in [9.17, 15) is 0 Å². The quantitative estimate of drug-likeness (QED) is 0.636. The van der Waals surface area contributed by atoms with Gasteiger partial charge in [0.25, 0.3) is 0 Å². The molecule has 24 heavy (non-hydrogen) atoms. The Morgan fingerprint density at radius 2 is 1.62 bits per heavy atom. The summed E-state index contributed by atoms with van der Waals surface area (Å²) in [5.74, 6) is 3.00. The van der Waals surface area contributed by atoms with Gasteiger partial charge < -0.3 is 5.32 Å². The van der Waals surface area contributed by atoms with Crippen LogP contribution in [0.2, 0.25) is 0 Å². The van der Waals surface area contributed by atoms with E-state index in [0.29, 0.717) is 23.3 Å². The molecule has 0 amide bonds. The second kappa shape index (κ2) is 8.04. The number of benzene rings is 1. The van der Waals surface area contributed by atoms with Gasteiger partial charge in [0.2, 0.25) is 0 Å². The molecule has 0 bridgehead atoms. The summed E-state index contributed by atoms with van der Waals surface area (Å²) in [5, 5.41) is 3.59. The molecule has 4 atom stereocenters. The fraction of sp³-hybridized carbons (Fsp3) is 0.739. The highest BCUT2D eigenvalue weighted by Gasteiger charge is 2.37. The van der Waals surface area contributed by atoms with Crippen molar-refractivity contribution in [2.24, 2.45) is 23.2 Å². The molecular weight excluding hydrogens is 290 g/mol. The zero-order valence-corrected chi connectivity index (χ0v) is 17.0. The van der Waals surface area contributed by atoms with Gasteiger partial charge in [-0.05, 0) is 74.3 Å². The van der Waals surface area contributed by atoms with Gasteiger partial charge >= 0.3 is 0 Å². The minimum atomic E-state index is 0.400. The first-order chi connectivity index (χ1) is 11.3. The number of hydrogen-bond acceptors (Lipinski definition) is 1. The molecule has 2 unspecified atom stereocenters. The molecular formula is C23H39N. The smallest absolute Gasteiger partial charge is 0.0115 e. The van der Waals surface area contributed by atoms with Crippen molar-refractivity contribution in [3.05, 3.63) is 35.4 Å². The minimum absolute atomic E-state index is 0.400. The van der Waals surface area contributed by atoms with E-state index >= 15 is 0 Å². The Hall–Kier alpha value is -0.820. The van der Waals surface area contributed by atoms with Crippen LogP contribution in [-0.4, -0.2) is 13.1 Å². The van der Waals surface area contributed by atoms with Gasteiger partial charge in [0.05, 0.1) is 0 Å². The largest absolute Gasteiger partial charge is 0.316 e. The number of rotatable bonds is 5. The highest BCUT2D eigenvalue weighted by atomic mass is 14.9. The molecule has 0 aromatic heterocycles. The molecule has 1 saturated carbocycles. The lowest BCUT2D eigenvalue weighted by molar-refractivity contribution is 0.206. The lowest BCUT2D eigenvalue weighted by atomic mass is 9.72. The van der Waals surface area contributed by atoms with Gasteiger partial charge in [-0.25, -0.2) is 0 Å². The Morgan fingerprint density at radius 1 is 1.00 bits per heavy atom. The first kappa shape index (κ1) is 19.5. The Kier molecular flexibility index (Phi) is 6.53. The van der Waals surface area contributed by atoms with Crippen molar-refractivity contribution in [1.82, 2.24) is 5.32 Å². The van der Waals surface area contributed by atoms with E-state index in [1.807, 2.05) is 0 Å². The van der Waals surface area contributed by atoms with E-state index in [0.717, 1.165) is 11.8 Å². The maximum Gasteiger partial charge on any atom is 0.0115 e. The van der Waals surface area contributed by atoms with Crippen molar-refractivity contribution in [3.8, 4) is 0 Å². The Bertz CT molecular complexity index is 499. The van der Waals surface area contributed by atoms with Crippen molar-refractivity contribution in [1.29, 1.82) is 0 Å². The maximum atomic E-state index is 3.59. The van der Waals surface area contributed by atoms with Crippen molar-refractivity contribution in [3.63, 3.8) is 0 Å². The van der Waals surface area contributed by atoms with Crippen LogP contribution in [-0.2, 0) is 0 Å². The standard InChI is InChI=1S/C23H39N/c1-16(2)22(24-7)18(4)19-12-13-21(23(5,6)15-14-19)20-10-8-17(3)9-11-20/h8-11,16,18-19,21-22,24H,12-15H2,1-7H3/t18-,19?,21?,22+/m0/s1. The van der Waals surface area contributed by atoms with Gasteiger partial charge in [-0.3, -0.25) is 0 Å². The first-order valence-corrected chi connectivity index (χ1v) is 10.00. The number of nitrogens with one attached hydrogen (secondary N) is 1. The molecule has 1 nitrogen and oxygen atoms in total. The lowest BCUT2D eigenvalue weighted by Gasteiger charge is -2.34. The average Bonchev–Trinajstić information content (AvgIpc) is 2.67. The fourth-order valence-corrected chi connectivity index (χ4v) is 5.09. The third kappa shape index (κ3) is 4.42. The summed E-state index contributed by atoms with van der Waals surface area (Å²) in [4.78, 5) is 0. The minimum Gasteiger partial charge on any atom is -0.316 e. The lowest BCUT2D eigenvalue weighted by Crippen LogP contribution is -2.40. The SMILES string of the molecule is CN[C@H](C(C)C)[C@@H](C)C1CCC(c2ccc(C)cc2)C(C)(C)CC1. The van der Waals surface area contributed by atoms with E-state index in [1.54, 1.807) is 5.56 Å². The molecule has 1 fully saturated rings. The van der Waals surface area contributed by atoms with Crippen molar-refractivity contribution in [2.45, 2.75) is 79.2 Å². The molecule has 1 aromatic rings. The summed E-state index contributed by atoms with van der Waals surface area (Å²) in [6.45, 7) is 14.3. The molecule has 1 aliphatic carbocycles. The van der Waals surface area contributed by atoms with Crippen LogP contribution in [0.1, 0.15) is 77.3 Å². The summed E-state index contributed by atoms with van der Waals surface area (Å²) < 4.78 is 0. The van der Waals surface area contributed by atoms with Crippen LogP contribution in [0.4, 0.5) is 0 Å². The molecule has 0 saturated heterocycles. The highest BCUT2D eigenvalue weighted by Crippen LogP contribution is 2.48. The van der Waals surface area contributed by atoms with Gasteiger partial charge in [0.15, 0.2) is 0 Å². The van der Waals surface area contributed by atoms with E-state index in [4.69, 9.17) is 0 Å². The van der Waals surface area contributed by atoms with Crippen LogP contribution in [0.3, 0.4) is 0 Å². The topological polar surface area (TPSA) is 12.0 Å². The molecule has 2 rings (SSSR count). The molecule has 0 radical (unpaired) electrons. The second-order valence-electron chi connectivity index (χ2n) is 9.25. The van der Waals surface area contributed by atoms with Crippen LogP contribution >= 0.6 is 0 Å². The molecule has 1 aliphatic rings. The predicted octanol–water partition coefficient (Wildman–Crippen LogP) is 6.18. The zero-order chi connectivity index (χ0) is 17.9. The van der Waals surface area contributed by atoms with Gasteiger partial charge in [-0.15, -0.1) is 0 Å². The van der Waals surface area contributed by atoms with Crippen molar-refractivity contribution >= 4 is 0 Å². The van der Waals surface area contributed by atoms with Crippen LogP contribution in [0, 0.1) is 30.1 Å². The van der Waals surface area contributed by atoms with Crippen molar-refractivity contribution in [2.75, 3.05) is 7.05 Å². The van der Waals surface area contributed by atoms with Crippen LogP contribution in [0.5, 0.6) is 0 Å². The monoisotopic (exact) mass is 329 g/mol. The average molecular weight is 330 g/mol. The summed E-state index contributed by atoms with van der Waals surface area (Å²) in [6, 6.07) is 9.94. The molecule has 136 valence electrons. The number of aryl methyl sites for hydroxylation is 1.